The lowest BCUT2D eigenvalue weighted by atomic mass is 9.82. The lowest BCUT2D eigenvalue weighted by Crippen LogP contribution is -2.47. The van der Waals surface area contributed by atoms with E-state index in [0.717, 1.165) is 0 Å². The number of carbonyl (C=O) groups excluding carboxylic acids is 1. The van der Waals surface area contributed by atoms with Crippen LogP contribution in [0, 0.1) is 5.82 Å². The average Bonchev–Trinajstić information content (AvgIpc) is 2.39. The van der Waals surface area contributed by atoms with Crippen molar-refractivity contribution in [3.63, 3.8) is 0 Å². The van der Waals surface area contributed by atoms with Crippen molar-refractivity contribution in [3.8, 4) is 0 Å². The number of carbonyl (C=O) groups is 1. The maximum absolute atomic E-state index is 13.3. The van der Waals surface area contributed by atoms with Crippen LogP contribution >= 0.6 is 0 Å². The fourth-order valence-electron chi connectivity index (χ4n) is 2.46. The van der Waals surface area contributed by atoms with E-state index in [1.807, 2.05) is 13.8 Å². The summed E-state index contributed by atoms with van der Waals surface area (Å²) >= 11 is 0. The van der Waals surface area contributed by atoms with Crippen molar-refractivity contribution in [3.05, 3.63) is 35.6 Å². The van der Waals surface area contributed by atoms with Gasteiger partial charge in [0.1, 0.15) is 5.82 Å². The van der Waals surface area contributed by atoms with E-state index in [1.165, 1.54) is 12.1 Å². The lowest BCUT2D eigenvalue weighted by Gasteiger charge is -2.36. The molecule has 1 amide bonds. The number of hydrogen-bond donors (Lipinski definition) is 1. The van der Waals surface area contributed by atoms with Crippen LogP contribution in [0.5, 0.6) is 0 Å². The molecule has 0 bridgehead atoms. The minimum atomic E-state index is -0.746. The van der Waals surface area contributed by atoms with Crippen molar-refractivity contribution in [1.82, 2.24) is 4.90 Å². The molecule has 0 atom stereocenters. The molecule has 2 rings (SSSR count). The van der Waals surface area contributed by atoms with Crippen molar-refractivity contribution in [1.29, 1.82) is 0 Å². The molecule has 0 unspecified atom stereocenters. The fourth-order valence-corrected chi connectivity index (χ4v) is 2.46. The Labute approximate surface area is 113 Å². The highest BCUT2D eigenvalue weighted by Crippen LogP contribution is 2.27. The summed E-state index contributed by atoms with van der Waals surface area (Å²) < 4.78 is 13.3. The van der Waals surface area contributed by atoms with Gasteiger partial charge < -0.3 is 10.0 Å². The number of aliphatic hydroxyl groups is 1. The van der Waals surface area contributed by atoms with E-state index in [1.54, 1.807) is 17.0 Å². The molecule has 4 heteroatoms. The first-order chi connectivity index (χ1) is 8.91. The van der Waals surface area contributed by atoms with Crippen LogP contribution in [0.4, 0.5) is 4.39 Å². The first kappa shape index (κ1) is 14.0. The SMILES string of the molecule is CC(C)(C(=O)N1CCC(O)CC1)c1cccc(F)c1. The van der Waals surface area contributed by atoms with Crippen molar-refractivity contribution < 1.29 is 14.3 Å². The Morgan fingerprint density at radius 1 is 1.37 bits per heavy atom. The molecule has 1 saturated heterocycles. The van der Waals surface area contributed by atoms with Gasteiger partial charge in [0.15, 0.2) is 0 Å². The summed E-state index contributed by atoms with van der Waals surface area (Å²) in [5, 5.41) is 9.48. The predicted octanol–water partition coefficient (Wildman–Crippen LogP) is 2.09. The summed E-state index contributed by atoms with van der Waals surface area (Å²) in [5.74, 6) is -0.336. The predicted molar refractivity (Wildman–Crippen MR) is 71.2 cm³/mol. The molecule has 0 radical (unpaired) electrons. The zero-order chi connectivity index (χ0) is 14.0. The average molecular weight is 265 g/mol. The molecule has 104 valence electrons. The molecule has 0 saturated carbocycles. The van der Waals surface area contributed by atoms with Crippen LogP contribution in [-0.4, -0.2) is 35.1 Å². The number of benzene rings is 1. The molecule has 0 spiro atoms. The summed E-state index contributed by atoms with van der Waals surface area (Å²) in [5.41, 5.74) is -0.0617. The first-order valence-corrected chi connectivity index (χ1v) is 6.65. The van der Waals surface area contributed by atoms with Gasteiger partial charge in [-0.25, -0.2) is 4.39 Å². The van der Waals surface area contributed by atoms with E-state index < -0.39 is 5.41 Å². The number of likely N-dealkylation sites (tertiary alicyclic amines) is 1. The Bertz CT molecular complexity index is 465. The Kier molecular flexibility index (Phi) is 3.90. The normalized spacial score (nSPS) is 17.6. The van der Waals surface area contributed by atoms with Crippen LogP contribution in [0.25, 0.3) is 0 Å². The number of nitrogens with zero attached hydrogens (tertiary/aromatic N) is 1. The van der Waals surface area contributed by atoms with Gasteiger partial charge in [-0.1, -0.05) is 12.1 Å². The summed E-state index contributed by atoms with van der Waals surface area (Å²) in [6.45, 7) is 4.77. The molecule has 19 heavy (non-hydrogen) atoms. The molecular weight excluding hydrogens is 245 g/mol. The number of rotatable bonds is 2. The second-order valence-corrected chi connectivity index (χ2v) is 5.66. The molecule has 3 nitrogen and oxygen atoms in total. The van der Waals surface area contributed by atoms with E-state index in [-0.39, 0.29) is 17.8 Å². The third kappa shape index (κ3) is 2.95. The van der Waals surface area contributed by atoms with E-state index in [2.05, 4.69) is 0 Å². The van der Waals surface area contributed by atoms with Crippen LogP contribution < -0.4 is 0 Å². The maximum Gasteiger partial charge on any atom is 0.232 e. The van der Waals surface area contributed by atoms with Crippen LogP contribution in [-0.2, 0) is 10.2 Å². The van der Waals surface area contributed by atoms with Gasteiger partial charge in [0.2, 0.25) is 5.91 Å². The van der Waals surface area contributed by atoms with Gasteiger partial charge >= 0.3 is 0 Å². The first-order valence-electron chi connectivity index (χ1n) is 6.65. The zero-order valence-corrected chi connectivity index (χ0v) is 11.4. The number of aliphatic hydroxyl groups excluding tert-OH is 1. The minimum absolute atomic E-state index is 0.00926. The summed E-state index contributed by atoms with van der Waals surface area (Å²) in [6, 6.07) is 6.19. The Balaban J connectivity index is 2.17. The lowest BCUT2D eigenvalue weighted by molar-refractivity contribution is -0.138. The number of halogens is 1. The van der Waals surface area contributed by atoms with Crippen LogP contribution in [0.3, 0.4) is 0 Å². The topological polar surface area (TPSA) is 40.5 Å². The number of amides is 1. The third-order valence-electron chi connectivity index (χ3n) is 3.83. The number of piperidine rings is 1. The van der Waals surface area contributed by atoms with Crippen LogP contribution in [0.2, 0.25) is 0 Å². The second-order valence-electron chi connectivity index (χ2n) is 5.66. The fraction of sp³-hybridized carbons (Fsp3) is 0.533. The van der Waals surface area contributed by atoms with Gasteiger partial charge in [-0.15, -0.1) is 0 Å². The van der Waals surface area contributed by atoms with E-state index in [9.17, 15) is 14.3 Å². The second kappa shape index (κ2) is 5.29. The molecular formula is C15H20FNO2. The molecule has 1 aliphatic rings. The molecule has 1 aliphatic heterocycles. The highest BCUT2D eigenvalue weighted by molar-refractivity contribution is 5.87. The Hall–Kier alpha value is -1.42. The van der Waals surface area contributed by atoms with Gasteiger partial charge in [-0.2, -0.15) is 0 Å². The van der Waals surface area contributed by atoms with Gasteiger partial charge in [0.05, 0.1) is 11.5 Å². The van der Waals surface area contributed by atoms with Gasteiger partial charge in [-0.05, 0) is 44.4 Å². The highest BCUT2D eigenvalue weighted by Gasteiger charge is 2.35. The standard InChI is InChI=1S/C15H20FNO2/c1-15(2,11-4-3-5-12(16)10-11)14(19)17-8-6-13(18)7-9-17/h3-5,10,13,18H,6-9H2,1-2H3. The van der Waals surface area contributed by atoms with Crippen molar-refractivity contribution in [2.75, 3.05) is 13.1 Å². The van der Waals surface area contributed by atoms with Crippen LogP contribution in [0.15, 0.2) is 24.3 Å². The Morgan fingerprint density at radius 3 is 2.58 bits per heavy atom. The molecule has 0 aromatic heterocycles. The van der Waals surface area contributed by atoms with Crippen molar-refractivity contribution in [2.24, 2.45) is 0 Å². The minimum Gasteiger partial charge on any atom is -0.393 e. The zero-order valence-electron chi connectivity index (χ0n) is 11.4. The quantitative estimate of drug-likeness (QED) is 0.889. The molecule has 1 heterocycles. The van der Waals surface area contributed by atoms with Gasteiger partial charge in [-0.3, -0.25) is 4.79 Å². The van der Waals surface area contributed by atoms with Crippen molar-refractivity contribution in [2.45, 2.75) is 38.2 Å². The van der Waals surface area contributed by atoms with E-state index in [4.69, 9.17) is 0 Å². The van der Waals surface area contributed by atoms with E-state index >= 15 is 0 Å². The Morgan fingerprint density at radius 2 is 2.00 bits per heavy atom. The summed E-state index contributed by atoms with van der Waals surface area (Å²) in [4.78, 5) is 14.3. The van der Waals surface area contributed by atoms with E-state index in [0.29, 0.717) is 31.5 Å². The summed E-state index contributed by atoms with van der Waals surface area (Å²) in [7, 11) is 0. The highest BCUT2D eigenvalue weighted by atomic mass is 19.1. The molecule has 1 fully saturated rings. The maximum atomic E-state index is 13.3. The molecule has 1 N–H and O–H groups in total. The molecule has 1 aromatic rings. The molecule has 1 aromatic carbocycles. The smallest absolute Gasteiger partial charge is 0.232 e. The molecule has 0 aliphatic carbocycles. The van der Waals surface area contributed by atoms with Crippen molar-refractivity contribution >= 4 is 5.91 Å². The monoisotopic (exact) mass is 265 g/mol. The third-order valence-corrected chi connectivity index (χ3v) is 3.83. The van der Waals surface area contributed by atoms with Crippen LogP contribution in [0.1, 0.15) is 32.3 Å². The number of hydrogen-bond acceptors (Lipinski definition) is 2. The largest absolute Gasteiger partial charge is 0.393 e. The van der Waals surface area contributed by atoms with Gasteiger partial charge in [0, 0.05) is 13.1 Å². The summed E-state index contributed by atoms with van der Waals surface area (Å²) in [6.07, 6.45) is 0.928. The van der Waals surface area contributed by atoms with Gasteiger partial charge in [0.25, 0.3) is 0 Å².